The molecular formula is C9H11NO3S. The molecule has 2 N–H and O–H groups in total. The minimum Gasteiger partial charge on any atom is -0.481 e. The lowest BCUT2D eigenvalue weighted by atomic mass is 9.65. The van der Waals surface area contributed by atoms with E-state index in [-0.39, 0.29) is 0 Å². The first kappa shape index (κ1) is 9.61. The van der Waals surface area contributed by atoms with Crippen molar-refractivity contribution in [1.29, 1.82) is 0 Å². The lowest BCUT2D eigenvalue weighted by Gasteiger charge is -2.41. The first-order chi connectivity index (χ1) is 6.56. The summed E-state index contributed by atoms with van der Waals surface area (Å²) in [6.07, 6.45) is 0.143. The van der Waals surface area contributed by atoms with E-state index in [1.807, 2.05) is 0 Å². The molecule has 0 atom stereocenters. The molecule has 0 bridgehead atoms. The van der Waals surface area contributed by atoms with E-state index in [9.17, 15) is 9.90 Å². The van der Waals surface area contributed by atoms with Gasteiger partial charge in [0.2, 0.25) is 0 Å². The minimum absolute atomic E-state index is 0.311. The molecule has 1 heterocycles. The van der Waals surface area contributed by atoms with Gasteiger partial charge in [0, 0.05) is 4.88 Å². The molecule has 1 saturated carbocycles. The lowest BCUT2D eigenvalue weighted by Crippen LogP contribution is -2.50. The molecule has 0 amide bonds. The van der Waals surface area contributed by atoms with Crippen molar-refractivity contribution in [2.45, 2.75) is 31.3 Å². The van der Waals surface area contributed by atoms with Crippen molar-refractivity contribution in [2.75, 3.05) is 0 Å². The molecule has 5 heteroatoms. The standard InChI is InChI=1S/C9H11NO3S/c1-5-7(14-4-10-5)9(8(12)13)2-6(11)3-9/h4,6,11H,2-3H2,1H3,(H,12,13). The summed E-state index contributed by atoms with van der Waals surface area (Å²) in [7, 11) is 0. The number of hydrogen-bond acceptors (Lipinski definition) is 4. The van der Waals surface area contributed by atoms with Crippen molar-refractivity contribution in [2.24, 2.45) is 0 Å². The van der Waals surface area contributed by atoms with Crippen LogP contribution in [-0.4, -0.2) is 27.3 Å². The molecule has 1 aromatic rings. The molecule has 0 radical (unpaired) electrons. The van der Waals surface area contributed by atoms with Gasteiger partial charge in [-0.2, -0.15) is 0 Å². The monoisotopic (exact) mass is 213 g/mol. The zero-order chi connectivity index (χ0) is 10.3. The van der Waals surface area contributed by atoms with E-state index < -0.39 is 17.5 Å². The first-order valence-electron chi connectivity index (χ1n) is 4.38. The predicted molar refractivity (Wildman–Crippen MR) is 51.4 cm³/mol. The third-order valence-corrected chi connectivity index (χ3v) is 3.89. The zero-order valence-corrected chi connectivity index (χ0v) is 8.54. The summed E-state index contributed by atoms with van der Waals surface area (Å²) in [6, 6.07) is 0. The molecule has 0 spiro atoms. The van der Waals surface area contributed by atoms with Crippen LogP contribution in [0.15, 0.2) is 5.51 Å². The maximum absolute atomic E-state index is 11.2. The fourth-order valence-corrected chi connectivity index (χ4v) is 2.98. The lowest BCUT2D eigenvalue weighted by molar-refractivity contribution is -0.152. The van der Waals surface area contributed by atoms with Gasteiger partial charge in [-0.25, -0.2) is 4.98 Å². The number of rotatable bonds is 2. The average Bonchev–Trinajstić information content (AvgIpc) is 2.45. The minimum atomic E-state index is -0.870. The number of aliphatic hydroxyl groups excluding tert-OH is 1. The summed E-state index contributed by atoms with van der Waals surface area (Å²) < 4.78 is 0. The Kier molecular flexibility index (Phi) is 2.08. The van der Waals surface area contributed by atoms with Crippen LogP contribution in [0.25, 0.3) is 0 Å². The molecular weight excluding hydrogens is 202 g/mol. The summed E-state index contributed by atoms with van der Waals surface area (Å²) in [5, 5.41) is 18.4. The van der Waals surface area contributed by atoms with Crippen molar-refractivity contribution in [3.05, 3.63) is 16.1 Å². The van der Waals surface area contributed by atoms with E-state index in [0.717, 1.165) is 10.6 Å². The second-order valence-corrected chi connectivity index (χ2v) is 4.57. The summed E-state index contributed by atoms with van der Waals surface area (Å²) in [5.74, 6) is -0.852. The summed E-state index contributed by atoms with van der Waals surface area (Å²) in [4.78, 5) is 16.0. The predicted octanol–water partition coefficient (Wildman–Crippen LogP) is 0.929. The van der Waals surface area contributed by atoms with Gasteiger partial charge in [0.05, 0.1) is 17.3 Å². The van der Waals surface area contributed by atoms with Crippen molar-refractivity contribution in [1.82, 2.24) is 4.98 Å². The van der Waals surface area contributed by atoms with Gasteiger partial charge in [-0.05, 0) is 19.8 Å². The third-order valence-electron chi connectivity index (χ3n) is 2.76. The van der Waals surface area contributed by atoms with Gasteiger partial charge in [0.15, 0.2) is 0 Å². The number of carboxylic acid groups (broad SMARTS) is 1. The van der Waals surface area contributed by atoms with E-state index in [2.05, 4.69) is 4.98 Å². The molecule has 1 aliphatic rings. The van der Waals surface area contributed by atoms with Crippen molar-refractivity contribution >= 4 is 17.3 Å². The second kappa shape index (κ2) is 3.03. The number of nitrogens with zero attached hydrogens (tertiary/aromatic N) is 1. The Morgan fingerprint density at radius 2 is 2.36 bits per heavy atom. The Morgan fingerprint density at radius 1 is 1.71 bits per heavy atom. The highest BCUT2D eigenvalue weighted by Crippen LogP contribution is 2.46. The summed E-state index contributed by atoms with van der Waals surface area (Å²) in [6.45, 7) is 1.81. The van der Waals surface area contributed by atoms with Crippen LogP contribution < -0.4 is 0 Å². The SMILES string of the molecule is Cc1ncsc1C1(C(=O)O)CC(O)C1. The topological polar surface area (TPSA) is 70.4 Å². The van der Waals surface area contributed by atoms with Crippen molar-refractivity contribution < 1.29 is 15.0 Å². The number of carboxylic acids is 1. The average molecular weight is 213 g/mol. The van der Waals surface area contributed by atoms with Crippen LogP contribution in [0, 0.1) is 6.92 Å². The van der Waals surface area contributed by atoms with E-state index >= 15 is 0 Å². The van der Waals surface area contributed by atoms with Crippen LogP contribution in [0.3, 0.4) is 0 Å². The van der Waals surface area contributed by atoms with Gasteiger partial charge < -0.3 is 10.2 Å². The second-order valence-electron chi connectivity index (χ2n) is 3.72. The van der Waals surface area contributed by atoms with Crippen molar-refractivity contribution in [3.63, 3.8) is 0 Å². The van der Waals surface area contributed by atoms with Crippen LogP contribution in [0.5, 0.6) is 0 Å². The Bertz CT molecular complexity index is 368. The van der Waals surface area contributed by atoms with Gasteiger partial charge in [0.25, 0.3) is 0 Å². The van der Waals surface area contributed by atoms with Crippen LogP contribution in [0.1, 0.15) is 23.4 Å². The van der Waals surface area contributed by atoms with Crippen LogP contribution >= 0.6 is 11.3 Å². The molecule has 76 valence electrons. The molecule has 1 aliphatic carbocycles. The van der Waals surface area contributed by atoms with Gasteiger partial charge in [-0.15, -0.1) is 11.3 Å². The van der Waals surface area contributed by atoms with E-state index in [1.54, 1.807) is 12.4 Å². The molecule has 2 rings (SSSR count). The number of hydrogen-bond donors (Lipinski definition) is 2. The quantitative estimate of drug-likeness (QED) is 0.766. The van der Waals surface area contributed by atoms with E-state index in [4.69, 9.17) is 5.11 Å². The Hall–Kier alpha value is -0.940. The molecule has 0 aromatic carbocycles. The Labute approximate surface area is 85.2 Å². The number of carbonyl (C=O) groups is 1. The van der Waals surface area contributed by atoms with Gasteiger partial charge in [0.1, 0.15) is 5.41 Å². The molecule has 14 heavy (non-hydrogen) atoms. The molecule has 1 aromatic heterocycles. The number of aryl methyl sites for hydroxylation is 1. The largest absolute Gasteiger partial charge is 0.481 e. The van der Waals surface area contributed by atoms with Crippen LogP contribution in [0.2, 0.25) is 0 Å². The Balaban J connectivity index is 2.39. The number of aliphatic hydroxyl groups is 1. The molecule has 0 saturated heterocycles. The third kappa shape index (κ3) is 1.16. The molecule has 0 aliphatic heterocycles. The Morgan fingerprint density at radius 3 is 2.71 bits per heavy atom. The first-order valence-corrected chi connectivity index (χ1v) is 5.26. The van der Waals surface area contributed by atoms with Gasteiger partial charge in [-0.1, -0.05) is 0 Å². The highest BCUT2D eigenvalue weighted by molar-refractivity contribution is 7.10. The van der Waals surface area contributed by atoms with E-state index in [0.29, 0.717) is 12.8 Å². The van der Waals surface area contributed by atoms with Crippen LogP contribution in [0.4, 0.5) is 0 Å². The summed E-state index contributed by atoms with van der Waals surface area (Å²) in [5.41, 5.74) is 1.55. The van der Waals surface area contributed by atoms with Crippen molar-refractivity contribution in [3.8, 4) is 0 Å². The fourth-order valence-electron chi connectivity index (χ4n) is 1.96. The van der Waals surface area contributed by atoms with Gasteiger partial charge >= 0.3 is 5.97 Å². The molecule has 0 unspecified atom stereocenters. The zero-order valence-electron chi connectivity index (χ0n) is 7.73. The van der Waals surface area contributed by atoms with E-state index in [1.165, 1.54) is 11.3 Å². The highest BCUT2D eigenvalue weighted by atomic mass is 32.1. The van der Waals surface area contributed by atoms with Crippen LogP contribution in [-0.2, 0) is 10.2 Å². The smallest absolute Gasteiger partial charge is 0.315 e. The number of thiazole rings is 1. The fraction of sp³-hybridized carbons (Fsp3) is 0.556. The molecule has 1 fully saturated rings. The van der Waals surface area contributed by atoms with Gasteiger partial charge in [-0.3, -0.25) is 4.79 Å². The summed E-state index contributed by atoms with van der Waals surface area (Å²) >= 11 is 1.36. The number of aliphatic carboxylic acids is 1. The molecule has 4 nitrogen and oxygen atoms in total. The normalized spacial score (nSPS) is 31.1. The number of aromatic nitrogens is 1. The highest BCUT2D eigenvalue weighted by Gasteiger charge is 2.53. The maximum Gasteiger partial charge on any atom is 0.315 e. The maximum atomic E-state index is 11.2.